The van der Waals surface area contributed by atoms with Gasteiger partial charge in [0, 0.05) is 19.3 Å². The summed E-state index contributed by atoms with van der Waals surface area (Å²) in [6.45, 7) is 1.19. The fourth-order valence-corrected chi connectivity index (χ4v) is 4.86. The summed E-state index contributed by atoms with van der Waals surface area (Å²) >= 11 is 0. The molecule has 0 spiro atoms. The van der Waals surface area contributed by atoms with Gasteiger partial charge in [-0.25, -0.2) is 21.6 Å². The van der Waals surface area contributed by atoms with Crippen molar-refractivity contribution >= 4 is 25.8 Å². The minimum absolute atomic E-state index is 0.0341. The summed E-state index contributed by atoms with van der Waals surface area (Å²) in [5.74, 6) is -2.03. The van der Waals surface area contributed by atoms with E-state index in [9.17, 15) is 21.6 Å². The van der Waals surface area contributed by atoms with Gasteiger partial charge in [-0.3, -0.25) is 0 Å². The number of carboxylic acids is 1. The number of carbonyl (C=O) groups is 1. The minimum Gasteiger partial charge on any atom is -0.480 e. The Hall–Kier alpha value is -0.710. The van der Waals surface area contributed by atoms with Crippen molar-refractivity contribution in [3.05, 3.63) is 0 Å². The number of carboxylic acid groups (broad SMARTS) is 1. The molecule has 1 aliphatic heterocycles. The first-order valence-corrected chi connectivity index (χ1v) is 9.12. The van der Waals surface area contributed by atoms with Gasteiger partial charge in [-0.2, -0.15) is 4.31 Å². The molecule has 1 saturated heterocycles. The largest absolute Gasteiger partial charge is 0.480 e. The van der Waals surface area contributed by atoms with Gasteiger partial charge < -0.3 is 9.84 Å². The van der Waals surface area contributed by atoms with Crippen molar-refractivity contribution in [2.45, 2.75) is 12.5 Å². The predicted molar refractivity (Wildman–Crippen MR) is 67.1 cm³/mol. The number of rotatable bonds is 7. The molecule has 1 N–H and O–H groups in total. The quantitative estimate of drug-likeness (QED) is 0.609. The second-order valence-electron chi connectivity index (χ2n) is 4.85. The Kier molecular flexibility index (Phi) is 4.60. The van der Waals surface area contributed by atoms with Crippen LogP contribution in [0.15, 0.2) is 0 Å². The number of aliphatic carboxylic acids is 1. The summed E-state index contributed by atoms with van der Waals surface area (Å²) in [5, 5.41) is 8.47. The Morgan fingerprint density at radius 3 is 2.21 bits per heavy atom. The first-order chi connectivity index (χ1) is 8.44. The van der Waals surface area contributed by atoms with E-state index in [-0.39, 0.29) is 13.1 Å². The highest BCUT2D eigenvalue weighted by atomic mass is 32.2. The highest BCUT2D eigenvalue weighted by Gasteiger charge is 2.45. The third-order valence-corrected chi connectivity index (χ3v) is 5.64. The van der Waals surface area contributed by atoms with Crippen molar-refractivity contribution in [3.8, 4) is 0 Å². The monoisotopic (exact) mass is 315 g/mol. The van der Waals surface area contributed by atoms with Gasteiger partial charge in [0.15, 0.2) is 0 Å². The van der Waals surface area contributed by atoms with Crippen LogP contribution < -0.4 is 0 Å². The smallest absolute Gasteiger partial charge is 0.329 e. The molecule has 112 valence electrons. The predicted octanol–water partition coefficient (Wildman–Crippen LogP) is -1.46. The highest BCUT2D eigenvalue weighted by Crippen LogP contribution is 2.27. The SMILES string of the molecule is CC1(OCC(=O)O)CN(S(=O)(=O)CCS(C)(=O)=O)C1. The lowest BCUT2D eigenvalue weighted by molar-refractivity contribution is -0.157. The summed E-state index contributed by atoms with van der Waals surface area (Å²) in [6, 6.07) is 0. The Morgan fingerprint density at radius 1 is 1.26 bits per heavy atom. The van der Waals surface area contributed by atoms with Crippen LogP contribution in [0.4, 0.5) is 0 Å². The molecule has 1 fully saturated rings. The van der Waals surface area contributed by atoms with Gasteiger partial charge in [-0.1, -0.05) is 0 Å². The van der Waals surface area contributed by atoms with Crippen LogP contribution >= 0.6 is 0 Å². The van der Waals surface area contributed by atoms with Gasteiger partial charge in [0.2, 0.25) is 10.0 Å². The topological polar surface area (TPSA) is 118 Å². The van der Waals surface area contributed by atoms with E-state index >= 15 is 0 Å². The number of hydrogen-bond donors (Lipinski definition) is 1. The highest BCUT2D eigenvalue weighted by molar-refractivity contribution is 7.93. The van der Waals surface area contributed by atoms with Crippen molar-refractivity contribution in [2.75, 3.05) is 37.5 Å². The Morgan fingerprint density at radius 2 is 1.79 bits per heavy atom. The van der Waals surface area contributed by atoms with Crippen LogP contribution in [0.5, 0.6) is 0 Å². The van der Waals surface area contributed by atoms with Gasteiger partial charge >= 0.3 is 5.97 Å². The lowest BCUT2D eigenvalue weighted by atomic mass is 10.0. The van der Waals surface area contributed by atoms with E-state index in [1.807, 2.05) is 0 Å². The fourth-order valence-electron chi connectivity index (χ4n) is 1.61. The number of sulfonamides is 1. The van der Waals surface area contributed by atoms with Crippen molar-refractivity contribution < 1.29 is 31.5 Å². The molecular weight excluding hydrogens is 298 g/mol. The maximum atomic E-state index is 11.8. The molecule has 10 heteroatoms. The summed E-state index contributed by atoms with van der Waals surface area (Å²) in [5.41, 5.74) is -0.823. The Balaban J connectivity index is 2.50. The van der Waals surface area contributed by atoms with Crippen molar-refractivity contribution in [1.82, 2.24) is 4.31 Å². The average molecular weight is 315 g/mol. The molecular formula is C9H17NO7S2. The zero-order valence-electron chi connectivity index (χ0n) is 10.7. The Labute approximate surface area is 112 Å². The summed E-state index contributed by atoms with van der Waals surface area (Å²) in [4.78, 5) is 10.4. The molecule has 0 aliphatic carbocycles. The summed E-state index contributed by atoms with van der Waals surface area (Å²) < 4.78 is 51.6. The van der Waals surface area contributed by atoms with Crippen LogP contribution in [0.1, 0.15) is 6.92 Å². The van der Waals surface area contributed by atoms with Gasteiger partial charge in [0.1, 0.15) is 16.4 Å². The second kappa shape index (κ2) is 5.35. The van der Waals surface area contributed by atoms with E-state index in [1.54, 1.807) is 6.92 Å². The molecule has 19 heavy (non-hydrogen) atoms. The maximum Gasteiger partial charge on any atom is 0.329 e. The van der Waals surface area contributed by atoms with E-state index < -0.39 is 49.5 Å². The Bertz CT molecular complexity index is 545. The van der Waals surface area contributed by atoms with E-state index in [2.05, 4.69) is 0 Å². The molecule has 8 nitrogen and oxygen atoms in total. The van der Waals surface area contributed by atoms with Gasteiger partial charge in [-0.05, 0) is 6.92 Å². The number of sulfone groups is 1. The van der Waals surface area contributed by atoms with Crippen LogP contribution in [0.3, 0.4) is 0 Å². The fraction of sp³-hybridized carbons (Fsp3) is 0.889. The van der Waals surface area contributed by atoms with Gasteiger partial charge in [-0.15, -0.1) is 0 Å². The van der Waals surface area contributed by atoms with E-state index in [1.165, 1.54) is 0 Å². The van der Waals surface area contributed by atoms with Gasteiger partial charge in [0.25, 0.3) is 0 Å². The molecule has 0 amide bonds. The van der Waals surface area contributed by atoms with Crippen LogP contribution in [0, 0.1) is 0 Å². The number of nitrogens with zero attached hydrogens (tertiary/aromatic N) is 1. The molecule has 0 saturated carbocycles. The second-order valence-corrected chi connectivity index (χ2v) is 9.19. The zero-order chi connectivity index (χ0) is 14.9. The van der Waals surface area contributed by atoms with Crippen molar-refractivity contribution in [1.29, 1.82) is 0 Å². The molecule has 0 unspecified atom stereocenters. The molecule has 1 aliphatic rings. The molecule has 0 aromatic carbocycles. The molecule has 0 radical (unpaired) electrons. The van der Waals surface area contributed by atoms with E-state index in [0.29, 0.717) is 0 Å². The summed E-state index contributed by atoms with van der Waals surface area (Å²) in [6.07, 6.45) is 0.971. The number of ether oxygens (including phenoxy) is 1. The minimum atomic E-state index is -3.64. The first kappa shape index (κ1) is 16.3. The summed E-state index contributed by atoms with van der Waals surface area (Å²) in [7, 11) is -6.98. The number of hydrogen-bond acceptors (Lipinski definition) is 6. The average Bonchev–Trinajstić information content (AvgIpc) is 2.19. The van der Waals surface area contributed by atoms with E-state index in [0.717, 1.165) is 10.6 Å². The lowest BCUT2D eigenvalue weighted by Crippen LogP contribution is -2.63. The first-order valence-electron chi connectivity index (χ1n) is 5.45. The molecule has 0 bridgehead atoms. The van der Waals surface area contributed by atoms with E-state index in [4.69, 9.17) is 9.84 Å². The molecule has 1 rings (SSSR count). The molecule has 1 heterocycles. The van der Waals surface area contributed by atoms with Crippen molar-refractivity contribution in [3.63, 3.8) is 0 Å². The van der Waals surface area contributed by atoms with Gasteiger partial charge in [0.05, 0.1) is 17.1 Å². The molecule has 0 aromatic rings. The molecule has 0 atom stereocenters. The maximum absolute atomic E-state index is 11.8. The third kappa shape index (κ3) is 5.05. The van der Waals surface area contributed by atoms with Crippen molar-refractivity contribution in [2.24, 2.45) is 0 Å². The normalized spacial score (nSPS) is 19.9. The standard InChI is InChI=1S/C9H17NO7S2/c1-9(17-5-8(11)12)6-10(7-9)19(15,16)4-3-18(2,13)14/h3-7H2,1-2H3,(H,11,12). The van der Waals surface area contributed by atoms with Crippen LogP contribution in [-0.4, -0.2) is 75.3 Å². The third-order valence-electron chi connectivity index (χ3n) is 2.67. The lowest BCUT2D eigenvalue weighted by Gasteiger charge is -2.46. The van der Waals surface area contributed by atoms with Crippen LogP contribution in [-0.2, 0) is 29.4 Å². The molecule has 0 aromatic heterocycles. The zero-order valence-corrected chi connectivity index (χ0v) is 12.3. The van der Waals surface area contributed by atoms with Crippen LogP contribution in [0.2, 0.25) is 0 Å². The van der Waals surface area contributed by atoms with Crippen LogP contribution in [0.25, 0.3) is 0 Å².